The van der Waals surface area contributed by atoms with Crippen LogP contribution in [-0.2, 0) is 6.61 Å². The Hall–Kier alpha value is -3.36. The molecule has 206 valence electrons. The molecule has 10 heteroatoms. The third-order valence-corrected chi connectivity index (χ3v) is 8.28. The molecule has 4 aromatic carbocycles. The molecule has 0 radical (unpaired) electrons. The van der Waals surface area contributed by atoms with Crippen LogP contribution in [0.25, 0.3) is 11.3 Å². The van der Waals surface area contributed by atoms with E-state index in [4.69, 9.17) is 4.74 Å². The van der Waals surface area contributed by atoms with Gasteiger partial charge in [-0.15, -0.1) is 11.3 Å². The largest absolute Gasteiger partial charge is 0.487 e. The number of halogens is 3. The number of hydrazone groups is 1. The number of aryl methyl sites for hydroxylation is 1. The van der Waals surface area contributed by atoms with E-state index < -0.39 is 0 Å². The second kappa shape index (κ2) is 13.5. The van der Waals surface area contributed by atoms with Gasteiger partial charge in [-0.25, -0.2) is 14.8 Å². The first-order chi connectivity index (χ1) is 19.8. The van der Waals surface area contributed by atoms with E-state index in [-0.39, 0.29) is 18.3 Å². The average molecular weight is 788 g/mol. The Labute approximate surface area is 268 Å². The molecule has 0 bridgehead atoms. The lowest BCUT2D eigenvalue weighted by Gasteiger charge is -2.11. The molecule has 1 aromatic heterocycles. The molecular formula is C31H23FI2N4O2S. The monoisotopic (exact) mass is 788 g/mol. The number of hydrogen-bond donors (Lipinski definition) is 2. The molecule has 0 saturated carbocycles. The van der Waals surface area contributed by atoms with Crippen LogP contribution in [0, 0.1) is 19.9 Å². The molecule has 2 N–H and O–H groups in total. The van der Waals surface area contributed by atoms with E-state index in [2.05, 4.69) is 85.1 Å². The Kier molecular flexibility index (Phi) is 9.62. The summed E-state index contributed by atoms with van der Waals surface area (Å²) in [7, 11) is 0. The lowest BCUT2D eigenvalue weighted by molar-refractivity contribution is 0.0955. The summed E-state index contributed by atoms with van der Waals surface area (Å²) >= 11 is 5.90. The van der Waals surface area contributed by atoms with Crippen LogP contribution in [0.2, 0.25) is 0 Å². The van der Waals surface area contributed by atoms with Crippen LogP contribution >= 0.6 is 56.5 Å². The number of hydrogen-bond acceptors (Lipinski definition) is 6. The van der Waals surface area contributed by atoms with Crippen LogP contribution in [0.5, 0.6) is 5.75 Å². The van der Waals surface area contributed by atoms with Gasteiger partial charge < -0.3 is 10.1 Å². The molecule has 6 nitrogen and oxygen atoms in total. The van der Waals surface area contributed by atoms with Crippen molar-refractivity contribution in [2.24, 2.45) is 5.10 Å². The molecular weight excluding hydrogens is 765 g/mol. The lowest BCUT2D eigenvalue weighted by Crippen LogP contribution is -2.17. The highest BCUT2D eigenvalue weighted by molar-refractivity contribution is 14.1. The molecule has 0 unspecified atom stereocenters. The predicted octanol–water partition coefficient (Wildman–Crippen LogP) is 8.55. The van der Waals surface area contributed by atoms with Gasteiger partial charge in [0.1, 0.15) is 18.2 Å². The summed E-state index contributed by atoms with van der Waals surface area (Å²) < 4.78 is 21.1. The number of rotatable bonds is 9. The second-order valence-electron chi connectivity index (χ2n) is 9.04. The highest BCUT2D eigenvalue weighted by atomic mass is 127. The van der Waals surface area contributed by atoms with Crippen LogP contribution in [0.3, 0.4) is 0 Å². The molecule has 0 spiro atoms. The zero-order valence-electron chi connectivity index (χ0n) is 21.7. The first-order valence-corrected chi connectivity index (χ1v) is 15.5. The number of carbonyl (C=O) groups excluding carboxylic acids is 1. The molecule has 0 aliphatic heterocycles. The summed E-state index contributed by atoms with van der Waals surface area (Å²) in [5.41, 5.74) is 8.58. The number of amides is 1. The van der Waals surface area contributed by atoms with Crippen LogP contribution in [0.15, 0.2) is 95.4 Å². The fourth-order valence-electron chi connectivity index (χ4n) is 3.82. The zero-order valence-corrected chi connectivity index (χ0v) is 26.8. The number of nitrogens with zero attached hydrogens (tertiary/aromatic N) is 2. The minimum absolute atomic E-state index is 0.264. The number of nitrogens with one attached hydrogen (secondary N) is 2. The summed E-state index contributed by atoms with van der Waals surface area (Å²) in [6.07, 6.45) is 1.59. The van der Waals surface area contributed by atoms with E-state index in [1.807, 2.05) is 47.8 Å². The third-order valence-electron chi connectivity index (χ3n) is 5.92. The molecule has 0 aliphatic rings. The third kappa shape index (κ3) is 7.89. The fraction of sp³-hybridized carbons (Fsp3) is 0.0645. The molecule has 5 rings (SSSR count). The van der Waals surface area contributed by atoms with E-state index >= 15 is 0 Å². The Morgan fingerprint density at radius 3 is 2.46 bits per heavy atom. The summed E-state index contributed by atoms with van der Waals surface area (Å²) in [6, 6.07) is 25.6. The van der Waals surface area contributed by atoms with Crippen molar-refractivity contribution in [1.29, 1.82) is 0 Å². The number of aromatic nitrogens is 1. The first kappa shape index (κ1) is 29.1. The van der Waals surface area contributed by atoms with E-state index in [0.29, 0.717) is 5.56 Å². The number of benzene rings is 4. The molecule has 5 aromatic rings. The summed E-state index contributed by atoms with van der Waals surface area (Å²) in [6.45, 7) is 2.32. The number of thiazole rings is 1. The van der Waals surface area contributed by atoms with Gasteiger partial charge in [-0.2, -0.15) is 5.10 Å². The topological polar surface area (TPSA) is 75.6 Å². The van der Waals surface area contributed by atoms with E-state index in [9.17, 15) is 9.18 Å². The van der Waals surface area contributed by atoms with E-state index in [1.54, 1.807) is 24.4 Å². The number of ether oxygens (including phenoxy) is 1. The molecule has 0 saturated heterocycles. The highest BCUT2D eigenvalue weighted by Gasteiger charge is 2.11. The fourth-order valence-corrected chi connectivity index (χ4v) is 6.69. The predicted molar refractivity (Wildman–Crippen MR) is 180 cm³/mol. The second-order valence-corrected chi connectivity index (χ2v) is 12.2. The van der Waals surface area contributed by atoms with Gasteiger partial charge in [0.25, 0.3) is 5.91 Å². The Morgan fingerprint density at radius 2 is 1.76 bits per heavy atom. The Bertz CT molecular complexity index is 1680. The molecule has 0 aliphatic carbocycles. The Morgan fingerprint density at radius 1 is 1.02 bits per heavy atom. The molecule has 1 heterocycles. The van der Waals surface area contributed by atoms with Crippen LogP contribution in [0.1, 0.15) is 27.0 Å². The number of carbonyl (C=O) groups is 1. The van der Waals surface area contributed by atoms with Gasteiger partial charge in [-0.3, -0.25) is 4.79 Å². The van der Waals surface area contributed by atoms with E-state index in [0.717, 1.165) is 46.1 Å². The lowest BCUT2D eigenvalue weighted by atomic mass is 10.1. The van der Waals surface area contributed by atoms with Crippen molar-refractivity contribution < 1.29 is 13.9 Å². The van der Waals surface area contributed by atoms with Gasteiger partial charge >= 0.3 is 0 Å². The molecule has 0 fully saturated rings. The van der Waals surface area contributed by atoms with Crippen LogP contribution in [-0.4, -0.2) is 17.1 Å². The summed E-state index contributed by atoms with van der Waals surface area (Å²) in [5.74, 6) is 0.113. The maximum atomic E-state index is 13.4. The van der Waals surface area contributed by atoms with Crippen LogP contribution in [0.4, 0.5) is 15.2 Å². The minimum Gasteiger partial charge on any atom is -0.487 e. The quantitative estimate of drug-likeness (QED) is 0.0893. The summed E-state index contributed by atoms with van der Waals surface area (Å²) in [4.78, 5) is 17.3. The van der Waals surface area contributed by atoms with Crippen molar-refractivity contribution in [2.75, 3.05) is 5.32 Å². The van der Waals surface area contributed by atoms with Crippen molar-refractivity contribution in [3.63, 3.8) is 0 Å². The van der Waals surface area contributed by atoms with Gasteiger partial charge in [0, 0.05) is 22.2 Å². The van der Waals surface area contributed by atoms with Crippen molar-refractivity contribution in [3.05, 3.63) is 126 Å². The van der Waals surface area contributed by atoms with Gasteiger partial charge in [0.05, 0.1) is 19.0 Å². The maximum absolute atomic E-state index is 13.4. The zero-order chi connectivity index (χ0) is 28.8. The van der Waals surface area contributed by atoms with E-state index in [1.165, 1.54) is 29.0 Å². The smallest absolute Gasteiger partial charge is 0.271 e. The van der Waals surface area contributed by atoms with Gasteiger partial charge in [-0.1, -0.05) is 42.0 Å². The van der Waals surface area contributed by atoms with Gasteiger partial charge in [0.15, 0.2) is 5.13 Å². The van der Waals surface area contributed by atoms with Crippen molar-refractivity contribution in [2.45, 2.75) is 13.5 Å². The van der Waals surface area contributed by atoms with Gasteiger partial charge in [0.2, 0.25) is 0 Å². The maximum Gasteiger partial charge on any atom is 0.271 e. The molecule has 41 heavy (non-hydrogen) atoms. The molecule has 0 atom stereocenters. The minimum atomic E-state index is -0.313. The standard InChI is InChI=1S/C31H23FI2N4O2S/c1-19-5-11-25(12-6-19)36-31-37-28(18-41-31)22-7-9-23(10-8-22)30(39)38-35-16-21-14-26(33)29(27(34)15-21)40-17-20-3-2-4-24(32)13-20/h2-16,18H,17H2,1H3,(H,36,37)(H,38,39)/b35-16-. The van der Waals surface area contributed by atoms with Crippen molar-refractivity contribution in [1.82, 2.24) is 10.4 Å². The Balaban J connectivity index is 1.16. The van der Waals surface area contributed by atoms with Crippen molar-refractivity contribution >= 4 is 79.5 Å². The SMILES string of the molecule is Cc1ccc(Nc2nc(-c3ccc(C(=O)N/N=C\c4cc(I)c(OCc5cccc(F)c5)c(I)c4)cc3)cs2)cc1. The van der Waals surface area contributed by atoms with Crippen LogP contribution < -0.4 is 15.5 Å². The number of anilines is 2. The average Bonchev–Trinajstić information content (AvgIpc) is 3.42. The first-order valence-electron chi connectivity index (χ1n) is 12.4. The van der Waals surface area contributed by atoms with Gasteiger partial charge in [-0.05, 0) is 112 Å². The highest BCUT2D eigenvalue weighted by Crippen LogP contribution is 2.30. The molecule has 1 amide bonds. The normalized spacial score (nSPS) is 11.0. The summed E-state index contributed by atoms with van der Waals surface area (Å²) in [5, 5.41) is 10.2. The van der Waals surface area contributed by atoms with Crippen molar-refractivity contribution in [3.8, 4) is 17.0 Å².